The number of hydrogen-bond acceptors (Lipinski definition) is 7. The van der Waals surface area contributed by atoms with Gasteiger partial charge in [0, 0.05) is 36.6 Å². The van der Waals surface area contributed by atoms with E-state index in [2.05, 4.69) is 5.32 Å². The van der Waals surface area contributed by atoms with Crippen molar-refractivity contribution in [2.45, 2.75) is 89.5 Å². The number of alkyl halides is 1. The lowest BCUT2D eigenvalue weighted by molar-refractivity contribution is -0.220. The minimum atomic E-state index is -2.05. The van der Waals surface area contributed by atoms with Gasteiger partial charge in [0.15, 0.2) is 18.1 Å². The van der Waals surface area contributed by atoms with Gasteiger partial charge in [-0.1, -0.05) is 25.5 Å². The van der Waals surface area contributed by atoms with Crippen molar-refractivity contribution in [2.75, 3.05) is 13.7 Å². The lowest BCUT2D eigenvalue weighted by Crippen LogP contribution is -2.69. The molecule has 0 aromatic heterocycles. The van der Waals surface area contributed by atoms with E-state index in [-0.39, 0.29) is 30.4 Å². The Labute approximate surface area is 223 Å². The van der Waals surface area contributed by atoms with Crippen molar-refractivity contribution in [2.24, 2.45) is 28.6 Å². The van der Waals surface area contributed by atoms with Gasteiger partial charge < -0.3 is 20.3 Å². The Morgan fingerprint density at radius 1 is 1.18 bits per heavy atom. The first kappa shape index (κ1) is 28.6. The van der Waals surface area contributed by atoms with Crippen LogP contribution in [0, 0.1) is 28.6 Å². The Balaban J connectivity index is 1.50. The number of halogens is 1. The number of carbonyl (C=O) groups excluding carboxylic acids is 4. The van der Waals surface area contributed by atoms with Gasteiger partial charge in [-0.25, -0.2) is 4.39 Å². The summed E-state index contributed by atoms with van der Waals surface area (Å²) in [6.45, 7) is 4.62. The van der Waals surface area contributed by atoms with Crippen molar-refractivity contribution in [3.05, 3.63) is 23.8 Å². The van der Waals surface area contributed by atoms with Gasteiger partial charge in [0.25, 0.3) is 0 Å². The van der Waals surface area contributed by atoms with Crippen molar-refractivity contribution in [1.29, 1.82) is 0 Å². The first-order valence-electron chi connectivity index (χ1n) is 13.7. The fraction of sp³-hybridized carbons (Fsp3) is 0.724. The maximum atomic E-state index is 17.2. The van der Waals surface area contributed by atoms with Crippen molar-refractivity contribution in [3.63, 3.8) is 0 Å². The molecule has 0 aliphatic heterocycles. The third-order valence-electron chi connectivity index (χ3n) is 10.3. The van der Waals surface area contributed by atoms with E-state index >= 15 is 4.39 Å². The summed E-state index contributed by atoms with van der Waals surface area (Å²) >= 11 is 0. The number of unbranched alkanes of at least 4 members (excludes halogenated alkanes) is 1. The molecule has 0 aromatic carbocycles. The third kappa shape index (κ3) is 4.08. The van der Waals surface area contributed by atoms with Gasteiger partial charge in [0.05, 0.1) is 6.10 Å². The predicted octanol–water partition coefficient (Wildman–Crippen LogP) is 2.75. The van der Waals surface area contributed by atoms with Gasteiger partial charge >= 0.3 is 5.97 Å². The molecule has 8 nitrogen and oxygen atoms in total. The van der Waals surface area contributed by atoms with Gasteiger partial charge in [-0.2, -0.15) is 0 Å². The third-order valence-corrected chi connectivity index (χ3v) is 10.3. The van der Waals surface area contributed by atoms with E-state index in [9.17, 15) is 29.4 Å². The Hall–Kier alpha value is -2.39. The van der Waals surface area contributed by atoms with Crippen LogP contribution in [0.5, 0.6) is 0 Å². The summed E-state index contributed by atoms with van der Waals surface area (Å²) in [5.41, 5.74) is -5.53. The van der Waals surface area contributed by atoms with E-state index in [1.54, 1.807) is 33.9 Å². The van der Waals surface area contributed by atoms with E-state index in [0.29, 0.717) is 44.1 Å². The highest BCUT2D eigenvalue weighted by atomic mass is 19.1. The van der Waals surface area contributed by atoms with E-state index in [1.165, 1.54) is 12.2 Å². The second-order valence-corrected chi connectivity index (χ2v) is 12.1. The number of allylic oxidation sites excluding steroid dienone is 4. The molecule has 1 amide bonds. The molecule has 8 atom stereocenters. The van der Waals surface area contributed by atoms with Crippen LogP contribution in [0.25, 0.3) is 0 Å². The molecule has 3 N–H and O–H groups in total. The van der Waals surface area contributed by atoms with Crippen molar-refractivity contribution in [1.82, 2.24) is 5.32 Å². The lowest BCUT2D eigenvalue weighted by atomic mass is 9.44. The summed E-state index contributed by atoms with van der Waals surface area (Å²) in [5.74, 6) is -3.07. The summed E-state index contributed by atoms with van der Waals surface area (Å²) in [4.78, 5) is 49.0. The van der Waals surface area contributed by atoms with E-state index in [4.69, 9.17) is 4.74 Å². The molecule has 210 valence electrons. The standard InChI is InChI=1S/C29H40FNO7/c1-17-13-21-20-10-9-18-14-19(32)11-12-26(18,2)28(20,30)22(33)15-27(21,3)29(17,37)23(34)16-38-25(36)8-6-5-7-24(35)31-4/h11-12,14,17,20-22,33,37H,5-10,13,15-16H2,1-4H3,(H,31,35)/t17-,20+,21+,22+,26+,27+,28+,29+/m1/s1. The molecule has 4 aliphatic carbocycles. The first-order chi connectivity index (χ1) is 17.8. The van der Waals surface area contributed by atoms with Crippen molar-refractivity contribution in [3.8, 4) is 0 Å². The monoisotopic (exact) mass is 533 g/mol. The number of ether oxygens (including phenoxy) is 1. The Kier molecular flexibility index (Phi) is 7.51. The zero-order valence-electron chi connectivity index (χ0n) is 22.7. The number of esters is 1. The van der Waals surface area contributed by atoms with Crippen LogP contribution in [0.15, 0.2) is 23.8 Å². The molecule has 9 heteroatoms. The molecule has 0 heterocycles. The summed E-state index contributed by atoms with van der Waals surface area (Å²) in [6.07, 6.45) is 5.39. The Morgan fingerprint density at radius 2 is 1.87 bits per heavy atom. The molecule has 4 rings (SSSR count). The van der Waals surface area contributed by atoms with Crippen LogP contribution in [0.2, 0.25) is 0 Å². The molecule has 38 heavy (non-hydrogen) atoms. The minimum absolute atomic E-state index is 0.0494. The maximum Gasteiger partial charge on any atom is 0.306 e. The van der Waals surface area contributed by atoms with Crippen LogP contribution in [0.4, 0.5) is 4.39 Å². The zero-order chi connectivity index (χ0) is 28.1. The van der Waals surface area contributed by atoms with Gasteiger partial charge in [0.1, 0.15) is 5.60 Å². The number of ketones is 2. The van der Waals surface area contributed by atoms with Gasteiger partial charge in [0.2, 0.25) is 11.7 Å². The van der Waals surface area contributed by atoms with E-state index < -0.39 is 58.4 Å². The normalized spacial score (nSPS) is 41.4. The van der Waals surface area contributed by atoms with Crippen molar-refractivity contribution < 1.29 is 38.5 Å². The smallest absolute Gasteiger partial charge is 0.306 e. The van der Waals surface area contributed by atoms with Gasteiger partial charge in [-0.15, -0.1) is 0 Å². The molecular formula is C29H40FNO7. The molecule has 0 unspecified atom stereocenters. The van der Waals surface area contributed by atoms with Crippen molar-refractivity contribution >= 4 is 23.4 Å². The predicted molar refractivity (Wildman–Crippen MR) is 136 cm³/mol. The molecule has 3 saturated carbocycles. The molecule has 0 aromatic rings. The lowest BCUT2D eigenvalue weighted by Gasteiger charge is -2.62. The van der Waals surface area contributed by atoms with Crippen LogP contribution in [-0.4, -0.2) is 64.7 Å². The summed E-state index contributed by atoms with van der Waals surface area (Å²) < 4.78 is 22.4. The van der Waals surface area contributed by atoms with Crippen LogP contribution < -0.4 is 5.32 Å². The molecule has 0 radical (unpaired) electrons. The van der Waals surface area contributed by atoms with Crippen LogP contribution in [0.3, 0.4) is 0 Å². The van der Waals surface area contributed by atoms with Crippen LogP contribution in [0.1, 0.15) is 72.1 Å². The number of amides is 1. The number of Topliss-reactive ketones (excluding diaryl/α,β-unsaturated/α-hetero) is 1. The second-order valence-electron chi connectivity index (χ2n) is 12.1. The molecule has 0 spiro atoms. The fourth-order valence-corrected chi connectivity index (χ4v) is 8.15. The van der Waals surface area contributed by atoms with Gasteiger partial charge in [-0.05, 0) is 69.4 Å². The molecule has 0 saturated heterocycles. The SMILES string of the molecule is CNC(=O)CCCCC(=O)OCC(=O)[C@@]1(O)[C@H](C)C[C@H]2[C@@H]3CCC4=CC(=O)C=C[C@]4(C)[C@@]3(F)[C@@H](O)C[C@@]21C. The quantitative estimate of drug-likeness (QED) is 0.323. The molecule has 4 aliphatic rings. The highest BCUT2D eigenvalue weighted by Crippen LogP contribution is 2.70. The number of fused-ring (bicyclic) bond motifs is 5. The largest absolute Gasteiger partial charge is 0.458 e. The summed E-state index contributed by atoms with van der Waals surface area (Å²) in [7, 11) is 1.54. The highest BCUT2D eigenvalue weighted by molar-refractivity contribution is 6.01. The highest BCUT2D eigenvalue weighted by Gasteiger charge is 2.75. The Bertz CT molecular complexity index is 1090. The maximum absolute atomic E-state index is 17.2. The summed E-state index contributed by atoms with van der Waals surface area (Å²) in [6, 6.07) is 0. The molecule has 3 fully saturated rings. The average molecular weight is 534 g/mol. The number of aliphatic hydroxyl groups is 2. The minimum Gasteiger partial charge on any atom is -0.458 e. The first-order valence-corrected chi connectivity index (χ1v) is 13.7. The second kappa shape index (κ2) is 9.97. The van der Waals surface area contributed by atoms with Crippen LogP contribution in [-0.2, 0) is 23.9 Å². The number of aliphatic hydroxyl groups excluding tert-OH is 1. The van der Waals surface area contributed by atoms with Crippen LogP contribution >= 0.6 is 0 Å². The number of hydrogen-bond donors (Lipinski definition) is 3. The Morgan fingerprint density at radius 3 is 2.55 bits per heavy atom. The van der Waals surface area contributed by atoms with E-state index in [0.717, 1.165) is 0 Å². The van der Waals surface area contributed by atoms with Gasteiger partial charge in [-0.3, -0.25) is 19.2 Å². The average Bonchev–Trinajstić information content (AvgIpc) is 3.07. The number of nitrogens with one attached hydrogen (secondary N) is 1. The topological polar surface area (TPSA) is 130 Å². The number of rotatable bonds is 8. The molecular weight excluding hydrogens is 493 g/mol. The van der Waals surface area contributed by atoms with E-state index in [1.807, 2.05) is 0 Å². The number of carbonyl (C=O) groups is 4. The fourth-order valence-electron chi connectivity index (χ4n) is 8.15. The molecule has 0 bridgehead atoms. The zero-order valence-corrected chi connectivity index (χ0v) is 22.7. The summed E-state index contributed by atoms with van der Waals surface area (Å²) in [5, 5.41) is 25.8.